The van der Waals surface area contributed by atoms with Gasteiger partial charge in [0, 0.05) is 53.4 Å². The Hall–Kier alpha value is -2.07. The van der Waals surface area contributed by atoms with Crippen LogP contribution in [-0.4, -0.2) is 52.3 Å². The number of fused-ring (bicyclic) bond motifs is 1. The Balaban J connectivity index is 1.37. The summed E-state index contributed by atoms with van der Waals surface area (Å²) in [5, 5.41) is 0.981. The number of halogens is 1. The van der Waals surface area contributed by atoms with Gasteiger partial charge in [-0.05, 0) is 54.3 Å². The molecule has 4 heterocycles. The highest BCUT2D eigenvalue weighted by Gasteiger charge is 2.26. The van der Waals surface area contributed by atoms with Crippen LogP contribution in [-0.2, 0) is 4.74 Å². The first-order chi connectivity index (χ1) is 14.8. The number of rotatable bonds is 4. The van der Waals surface area contributed by atoms with Gasteiger partial charge in [0.2, 0.25) is 5.88 Å². The minimum Gasteiger partial charge on any atom is -0.474 e. The normalized spacial score (nSPS) is 22.2. The SMILES string of the molecule is Ic1cnc2cc(N3CCOCC3)nc(OC3CCC(c4cnccn4)CC3)c2c1. The molecule has 0 radical (unpaired) electrons. The van der Waals surface area contributed by atoms with Crippen molar-refractivity contribution in [2.24, 2.45) is 0 Å². The van der Waals surface area contributed by atoms with E-state index in [1.54, 1.807) is 12.4 Å². The molecule has 0 bridgehead atoms. The molecule has 5 rings (SSSR count). The Morgan fingerprint density at radius 1 is 1.00 bits per heavy atom. The molecule has 0 unspecified atom stereocenters. The molecule has 0 aromatic carbocycles. The van der Waals surface area contributed by atoms with Gasteiger partial charge in [-0.2, -0.15) is 4.98 Å². The van der Waals surface area contributed by atoms with Gasteiger partial charge < -0.3 is 14.4 Å². The van der Waals surface area contributed by atoms with E-state index in [0.29, 0.717) is 11.8 Å². The lowest BCUT2D eigenvalue weighted by atomic mass is 9.85. The third-order valence-corrected chi connectivity index (χ3v) is 6.48. The number of nitrogens with zero attached hydrogens (tertiary/aromatic N) is 5. The van der Waals surface area contributed by atoms with Crippen LogP contribution < -0.4 is 9.64 Å². The number of aromatic nitrogens is 4. The Kier molecular flexibility index (Phi) is 5.94. The van der Waals surface area contributed by atoms with Gasteiger partial charge in [0.25, 0.3) is 0 Å². The molecular formula is C22H24IN5O2. The first-order valence-electron chi connectivity index (χ1n) is 10.5. The summed E-state index contributed by atoms with van der Waals surface area (Å²) in [5.41, 5.74) is 2.02. The second-order valence-electron chi connectivity index (χ2n) is 7.83. The average molecular weight is 517 g/mol. The van der Waals surface area contributed by atoms with E-state index in [4.69, 9.17) is 14.5 Å². The van der Waals surface area contributed by atoms with E-state index < -0.39 is 0 Å². The van der Waals surface area contributed by atoms with Crippen molar-refractivity contribution < 1.29 is 9.47 Å². The molecule has 8 heteroatoms. The van der Waals surface area contributed by atoms with E-state index in [0.717, 1.165) is 78.0 Å². The van der Waals surface area contributed by atoms with Gasteiger partial charge in [-0.25, -0.2) is 0 Å². The van der Waals surface area contributed by atoms with E-state index in [-0.39, 0.29) is 6.10 Å². The van der Waals surface area contributed by atoms with Crippen molar-refractivity contribution >= 4 is 39.3 Å². The van der Waals surface area contributed by atoms with Crippen LogP contribution in [0.3, 0.4) is 0 Å². The van der Waals surface area contributed by atoms with Crippen molar-refractivity contribution in [1.29, 1.82) is 0 Å². The van der Waals surface area contributed by atoms with Crippen LogP contribution in [0.1, 0.15) is 37.3 Å². The second kappa shape index (κ2) is 8.97. The summed E-state index contributed by atoms with van der Waals surface area (Å²) < 4.78 is 13.1. The number of hydrogen-bond donors (Lipinski definition) is 0. The van der Waals surface area contributed by atoms with E-state index in [1.165, 1.54) is 0 Å². The number of hydrogen-bond acceptors (Lipinski definition) is 7. The molecule has 1 aliphatic heterocycles. The highest BCUT2D eigenvalue weighted by Crippen LogP contribution is 2.35. The van der Waals surface area contributed by atoms with Crippen LogP contribution >= 0.6 is 22.6 Å². The van der Waals surface area contributed by atoms with Crippen LogP contribution in [0.2, 0.25) is 0 Å². The van der Waals surface area contributed by atoms with Gasteiger partial charge in [0.05, 0.1) is 29.8 Å². The highest BCUT2D eigenvalue weighted by atomic mass is 127. The van der Waals surface area contributed by atoms with Crippen LogP contribution in [0, 0.1) is 3.57 Å². The predicted octanol–water partition coefficient (Wildman–Crippen LogP) is 3.97. The molecule has 156 valence electrons. The lowest BCUT2D eigenvalue weighted by Gasteiger charge is -2.30. The maximum Gasteiger partial charge on any atom is 0.225 e. The molecule has 1 aliphatic carbocycles. The molecule has 0 amide bonds. The maximum atomic E-state index is 6.49. The summed E-state index contributed by atoms with van der Waals surface area (Å²) in [5.74, 6) is 2.08. The number of pyridine rings is 2. The second-order valence-corrected chi connectivity index (χ2v) is 9.07. The zero-order valence-electron chi connectivity index (χ0n) is 16.7. The molecule has 0 spiro atoms. The average Bonchev–Trinajstić information content (AvgIpc) is 2.81. The smallest absolute Gasteiger partial charge is 0.225 e. The van der Waals surface area contributed by atoms with Gasteiger partial charge in [0.1, 0.15) is 11.9 Å². The van der Waals surface area contributed by atoms with Crippen molar-refractivity contribution in [2.75, 3.05) is 31.2 Å². The van der Waals surface area contributed by atoms with E-state index in [9.17, 15) is 0 Å². The first-order valence-corrected chi connectivity index (χ1v) is 11.6. The molecule has 2 aliphatic rings. The van der Waals surface area contributed by atoms with Gasteiger partial charge in [-0.15, -0.1) is 0 Å². The quantitative estimate of drug-likeness (QED) is 0.485. The zero-order valence-corrected chi connectivity index (χ0v) is 18.9. The fourth-order valence-corrected chi connectivity index (χ4v) is 4.71. The standard InChI is InChI=1S/C22H24IN5O2/c23-16-11-18-19(26-13-16)12-21(28-7-9-29-10-8-28)27-22(18)30-17-3-1-15(2-4-17)20-14-24-5-6-25-20/h5-6,11-15,17H,1-4,7-10H2. The first kappa shape index (κ1) is 19.9. The van der Waals surface area contributed by atoms with Crippen molar-refractivity contribution in [3.8, 4) is 5.88 Å². The fourth-order valence-electron chi connectivity index (χ4n) is 4.26. The predicted molar refractivity (Wildman–Crippen MR) is 123 cm³/mol. The number of ether oxygens (including phenoxy) is 2. The molecule has 7 nitrogen and oxygen atoms in total. The topological polar surface area (TPSA) is 73.3 Å². The van der Waals surface area contributed by atoms with Gasteiger partial charge >= 0.3 is 0 Å². The van der Waals surface area contributed by atoms with Crippen molar-refractivity contribution in [3.05, 3.63) is 46.2 Å². The molecule has 0 N–H and O–H groups in total. The van der Waals surface area contributed by atoms with E-state index in [2.05, 4.69) is 54.6 Å². The lowest BCUT2D eigenvalue weighted by molar-refractivity contribution is 0.122. The van der Waals surface area contributed by atoms with Crippen LogP contribution in [0.4, 0.5) is 5.82 Å². The largest absolute Gasteiger partial charge is 0.474 e. The van der Waals surface area contributed by atoms with Crippen molar-refractivity contribution in [3.63, 3.8) is 0 Å². The highest BCUT2D eigenvalue weighted by molar-refractivity contribution is 14.1. The monoisotopic (exact) mass is 517 g/mol. The Morgan fingerprint density at radius 3 is 2.60 bits per heavy atom. The molecular weight excluding hydrogens is 493 g/mol. The number of anilines is 1. The summed E-state index contributed by atoms with van der Waals surface area (Å²) in [6.45, 7) is 3.13. The fraction of sp³-hybridized carbons (Fsp3) is 0.455. The Bertz CT molecular complexity index is 1010. The van der Waals surface area contributed by atoms with E-state index in [1.807, 2.05) is 12.4 Å². The van der Waals surface area contributed by atoms with Crippen LogP contribution in [0.15, 0.2) is 36.9 Å². The maximum absolute atomic E-state index is 6.49. The molecule has 2 fully saturated rings. The summed E-state index contributed by atoms with van der Waals surface area (Å²) in [7, 11) is 0. The molecule has 3 aromatic heterocycles. The summed E-state index contributed by atoms with van der Waals surface area (Å²) in [6, 6.07) is 4.17. The molecule has 30 heavy (non-hydrogen) atoms. The summed E-state index contributed by atoms with van der Waals surface area (Å²) in [4.78, 5) is 20.5. The van der Waals surface area contributed by atoms with Gasteiger partial charge in [-0.1, -0.05) is 0 Å². The van der Waals surface area contributed by atoms with Gasteiger partial charge in [-0.3, -0.25) is 15.0 Å². The van der Waals surface area contributed by atoms with Gasteiger partial charge in [0.15, 0.2) is 0 Å². The van der Waals surface area contributed by atoms with Crippen molar-refractivity contribution in [1.82, 2.24) is 19.9 Å². The third-order valence-electron chi connectivity index (χ3n) is 5.89. The summed E-state index contributed by atoms with van der Waals surface area (Å²) in [6.07, 6.45) is 11.5. The minimum atomic E-state index is 0.159. The van der Waals surface area contributed by atoms with Crippen molar-refractivity contribution in [2.45, 2.75) is 37.7 Å². The van der Waals surface area contributed by atoms with Crippen LogP contribution in [0.5, 0.6) is 5.88 Å². The molecule has 1 saturated heterocycles. The third kappa shape index (κ3) is 4.34. The van der Waals surface area contributed by atoms with Crippen LogP contribution in [0.25, 0.3) is 10.9 Å². The Labute approximate surface area is 189 Å². The van der Waals surface area contributed by atoms with E-state index >= 15 is 0 Å². The molecule has 1 saturated carbocycles. The summed E-state index contributed by atoms with van der Waals surface area (Å²) >= 11 is 2.29. The molecule has 0 atom stereocenters. The Morgan fingerprint density at radius 2 is 1.83 bits per heavy atom. The number of morpholine rings is 1. The minimum absolute atomic E-state index is 0.159. The molecule has 3 aromatic rings. The lowest BCUT2D eigenvalue weighted by Crippen LogP contribution is -2.36. The zero-order chi connectivity index (χ0) is 20.3.